The molecule has 0 bridgehead atoms. The van der Waals surface area contributed by atoms with Crippen LogP contribution in [0, 0.1) is 11.8 Å². The molecule has 0 spiro atoms. The van der Waals surface area contributed by atoms with Crippen LogP contribution in [0.1, 0.15) is 39.7 Å². The van der Waals surface area contributed by atoms with Crippen LogP contribution in [0.4, 0.5) is 4.79 Å². The number of ether oxygens (including phenoxy) is 5. The predicted molar refractivity (Wildman–Crippen MR) is 184 cm³/mol. The lowest BCUT2D eigenvalue weighted by atomic mass is 10.0. The van der Waals surface area contributed by atoms with Gasteiger partial charge in [-0.15, -0.1) is 0 Å². The first-order valence-electron chi connectivity index (χ1n) is 16.7. The van der Waals surface area contributed by atoms with E-state index in [-0.39, 0.29) is 49.2 Å². The third-order valence-corrected chi connectivity index (χ3v) is 12.3. The number of aliphatic hydroxyl groups excluding tert-OH is 1. The van der Waals surface area contributed by atoms with Gasteiger partial charge in [0, 0.05) is 26.2 Å². The van der Waals surface area contributed by atoms with Crippen molar-refractivity contribution in [1.29, 1.82) is 0 Å². The minimum absolute atomic E-state index is 0.0467. The number of nitrogens with zero attached hydrogens (tertiary/aromatic N) is 1. The highest BCUT2D eigenvalue weighted by molar-refractivity contribution is 7.89. The lowest BCUT2D eigenvalue weighted by molar-refractivity contribution is -0.0907. The van der Waals surface area contributed by atoms with Crippen molar-refractivity contribution in [3.05, 3.63) is 54.1 Å². The van der Waals surface area contributed by atoms with Gasteiger partial charge in [-0.05, 0) is 60.7 Å². The van der Waals surface area contributed by atoms with Gasteiger partial charge in [0.2, 0.25) is 17.5 Å². The Balaban J connectivity index is 1.52. The number of aliphatic hydroxyl groups is 1. The van der Waals surface area contributed by atoms with Crippen LogP contribution in [0.2, 0.25) is 0 Å². The molecule has 2 aliphatic rings. The van der Waals surface area contributed by atoms with Gasteiger partial charge in [-0.25, -0.2) is 13.2 Å². The van der Waals surface area contributed by atoms with Gasteiger partial charge < -0.3 is 34.1 Å². The van der Waals surface area contributed by atoms with Gasteiger partial charge >= 0.3 is 6.09 Å². The lowest BCUT2D eigenvalue weighted by Crippen LogP contribution is -2.51. The van der Waals surface area contributed by atoms with Crippen LogP contribution >= 0.6 is 7.44 Å². The van der Waals surface area contributed by atoms with Crippen LogP contribution in [-0.4, -0.2) is 101 Å². The highest BCUT2D eigenvalue weighted by atomic mass is 32.2. The number of amides is 1. The van der Waals surface area contributed by atoms with E-state index >= 15 is 0 Å². The number of methoxy groups -OCH3 is 1. The lowest BCUT2D eigenvalue weighted by Gasteiger charge is -2.31. The second-order valence-corrected chi connectivity index (χ2v) is 16.9. The summed E-state index contributed by atoms with van der Waals surface area (Å²) in [6.45, 7) is 9.13. The monoisotopic (exact) mass is 726 g/mol. The predicted octanol–water partition coefficient (Wildman–Crippen LogP) is 3.55. The summed E-state index contributed by atoms with van der Waals surface area (Å²) in [5.74, 6) is 0.880. The molecule has 2 aromatic carbocycles. The van der Waals surface area contributed by atoms with E-state index in [2.05, 4.69) is 15.5 Å². The number of nitrogens with one attached hydrogen (secondary N) is 3. The van der Waals surface area contributed by atoms with Crippen molar-refractivity contribution in [2.75, 3.05) is 52.9 Å². The number of rotatable bonds is 19. The van der Waals surface area contributed by atoms with Crippen molar-refractivity contribution >= 4 is 23.6 Å². The summed E-state index contributed by atoms with van der Waals surface area (Å²) in [6.07, 6.45) is -2.17. The summed E-state index contributed by atoms with van der Waals surface area (Å²) in [7, 11) is -5.45. The molecule has 2 aromatic rings. The van der Waals surface area contributed by atoms with Crippen molar-refractivity contribution < 1.29 is 46.6 Å². The van der Waals surface area contributed by atoms with Crippen molar-refractivity contribution in [3.8, 4) is 11.5 Å². The molecule has 2 aliphatic heterocycles. The first-order valence-corrected chi connectivity index (χ1v) is 20.0. The van der Waals surface area contributed by atoms with Crippen LogP contribution in [0.3, 0.4) is 0 Å². The molecule has 4 N–H and O–H groups in total. The number of carbonyl (C=O) groups is 1. The van der Waals surface area contributed by atoms with E-state index in [1.54, 1.807) is 36.4 Å². The number of alkyl carbamates (subject to hydrolysis) is 1. The summed E-state index contributed by atoms with van der Waals surface area (Å²) < 4.78 is 69.7. The average molecular weight is 727 g/mol. The van der Waals surface area contributed by atoms with Gasteiger partial charge in [0.15, 0.2) is 12.6 Å². The Morgan fingerprint density at radius 3 is 2.29 bits per heavy atom. The van der Waals surface area contributed by atoms with Gasteiger partial charge in [-0.1, -0.05) is 39.8 Å². The molecule has 16 heteroatoms. The fourth-order valence-electron chi connectivity index (χ4n) is 5.86. The fourth-order valence-corrected chi connectivity index (χ4v) is 9.13. The van der Waals surface area contributed by atoms with E-state index in [1.807, 2.05) is 27.7 Å². The van der Waals surface area contributed by atoms with Crippen LogP contribution in [0.5, 0.6) is 11.5 Å². The van der Waals surface area contributed by atoms with Crippen molar-refractivity contribution in [2.45, 2.75) is 70.0 Å². The molecular formula is C33H51N4O10PS. The highest BCUT2D eigenvalue weighted by Gasteiger charge is 2.44. The van der Waals surface area contributed by atoms with Gasteiger partial charge in [-0.3, -0.25) is 14.7 Å². The Labute approximate surface area is 289 Å². The Kier molecular flexibility index (Phi) is 14.3. The molecule has 2 heterocycles. The third kappa shape index (κ3) is 10.9. The number of fused-ring (bicyclic) bond motifs is 1. The summed E-state index contributed by atoms with van der Waals surface area (Å²) in [6, 6.07) is 12.1. The molecule has 0 unspecified atom stereocenters. The standard InChI is InChI=1S/C33H51N4O10PS/c1-6-34-48(40,35-7-2)22-46-26-10-8-24(9-11-26)18-29(36-33(39)47-31-21-45-32-28(31)16-17-44-32)30(38)20-37(19-23(3)4)49(41,42)27-14-12-25(43-5)13-15-27/h8-15,23,28-32,38H,6-7,16-22H2,1-5H3,(H,36,39)(H2,34,35,40)/t28-,29-,30+,31-,32+/m0/s1. The Hall–Kier alpha value is -2.75. The SMILES string of the molecule is CCNP(=O)(COc1ccc(C[C@H](NC(=O)O[C@H]2CO[C@H]3OCC[C@H]32)[C@H](O)CN(CC(C)C)S(=O)(=O)c2ccc(OC)cc2)cc1)NCC. The molecule has 5 atom stereocenters. The van der Waals surface area contributed by atoms with Gasteiger partial charge in [0.25, 0.3) is 0 Å². The summed E-state index contributed by atoms with van der Waals surface area (Å²) in [5.41, 5.74) is 0.736. The highest BCUT2D eigenvalue weighted by Crippen LogP contribution is 2.36. The van der Waals surface area contributed by atoms with E-state index in [9.17, 15) is 22.9 Å². The minimum Gasteiger partial charge on any atom is -0.497 e. The molecule has 0 radical (unpaired) electrons. The summed E-state index contributed by atoms with van der Waals surface area (Å²) in [5, 5.41) is 20.3. The maximum atomic E-state index is 13.8. The van der Waals surface area contributed by atoms with Crippen LogP contribution in [-0.2, 0) is 35.2 Å². The molecule has 2 fully saturated rings. The Bertz CT molecular complexity index is 1490. The number of carbonyl (C=O) groups excluding carboxylic acids is 1. The zero-order valence-electron chi connectivity index (χ0n) is 28.9. The van der Waals surface area contributed by atoms with E-state index in [4.69, 9.17) is 23.7 Å². The normalized spacial score (nSPS) is 20.6. The first kappa shape index (κ1) is 39.0. The van der Waals surface area contributed by atoms with Crippen molar-refractivity contribution in [2.24, 2.45) is 11.8 Å². The van der Waals surface area contributed by atoms with Crippen LogP contribution in [0.15, 0.2) is 53.4 Å². The molecule has 0 saturated carbocycles. The largest absolute Gasteiger partial charge is 0.497 e. The number of hydrogen-bond acceptors (Lipinski definition) is 10. The summed E-state index contributed by atoms with van der Waals surface area (Å²) in [4.78, 5) is 13.3. The van der Waals surface area contributed by atoms with Crippen molar-refractivity contribution in [3.63, 3.8) is 0 Å². The van der Waals surface area contributed by atoms with E-state index in [1.165, 1.54) is 23.5 Å². The van der Waals surface area contributed by atoms with E-state index in [0.29, 0.717) is 37.6 Å². The molecular weight excluding hydrogens is 675 g/mol. The number of sulfonamides is 1. The molecule has 14 nitrogen and oxygen atoms in total. The smallest absolute Gasteiger partial charge is 0.407 e. The van der Waals surface area contributed by atoms with E-state index in [0.717, 1.165) is 5.56 Å². The first-order chi connectivity index (χ1) is 23.4. The molecule has 4 rings (SSSR count). The van der Waals surface area contributed by atoms with Crippen molar-refractivity contribution in [1.82, 2.24) is 19.8 Å². The summed E-state index contributed by atoms with van der Waals surface area (Å²) >= 11 is 0. The second kappa shape index (κ2) is 18.0. The maximum absolute atomic E-state index is 13.8. The molecule has 0 aliphatic carbocycles. The minimum atomic E-state index is -4.02. The number of hydrogen-bond donors (Lipinski definition) is 4. The van der Waals surface area contributed by atoms with Gasteiger partial charge in [-0.2, -0.15) is 4.31 Å². The van der Waals surface area contributed by atoms with Gasteiger partial charge in [0.05, 0.1) is 43.3 Å². The van der Waals surface area contributed by atoms with Crippen LogP contribution < -0.4 is 25.0 Å². The zero-order valence-corrected chi connectivity index (χ0v) is 30.6. The Morgan fingerprint density at radius 2 is 1.67 bits per heavy atom. The van der Waals surface area contributed by atoms with Gasteiger partial charge in [0.1, 0.15) is 17.6 Å². The average Bonchev–Trinajstić information content (AvgIpc) is 3.69. The molecule has 1 amide bonds. The Morgan fingerprint density at radius 1 is 1.02 bits per heavy atom. The molecule has 274 valence electrons. The molecule has 49 heavy (non-hydrogen) atoms. The molecule has 2 saturated heterocycles. The van der Waals surface area contributed by atoms with E-state index < -0.39 is 48.1 Å². The quantitative estimate of drug-likeness (QED) is 0.155. The molecule has 0 aromatic heterocycles. The van der Waals surface area contributed by atoms with Crippen LogP contribution in [0.25, 0.3) is 0 Å². The number of benzene rings is 2. The topological polar surface area (TPSA) is 174 Å². The maximum Gasteiger partial charge on any atom is 0.407 e. The fraction of sp³-hybridized carbons (Fsp3) is 0.606. The third-order valence-electron chi connectivity index (χ3n) is 8.29. The zero-order chi connectivity index (χ0) is 35.6. The second-order valence-electron chi connectivity index (χ2n) is 12.6.